The highest BCUT2D eigenvalue weighted by molar-refractivity contribution is 7.23. The van der Waals surface area contributed by atoms with Crippen molar-refractivity contribution < 1.29 is 30.2 Å². The molecule has 0 heterocycles. The molecule has 0 radical (unpaired) electrons. The minimum Gasteiger partial charge on any atom is -0.508 e. The summed E-state index contributed by atoms with van der Waals surface area (Å²) in [5.74, 6) is 1.59. The van der Waals surface area contributed by atoms with Crippen LogP contribution in [0.4, 0.5) is 0 Å². The van der Waals surface area contributed by atoms with Gasteiger partial charge in [0.1, 0.15) is 32.0 Å². The monoisotopic (exact) mass is 1040 g/mol. The van der Waals surface area contributed by atoms with Gasteiger partial charge < -0.3 is 30.2 Å². The van der Waals surface area contributed by atoms with Crippen molar-refractivity contribution in [2.24, 2.45) is 0 Å². The first-order valence-electron chi connectivity index (χ1n) is 26.4. The molecular formula is C68H101O6P. The van der Waals surface area contributed by atoms with E-state index in [0.29, 0.717) is 23.0 Å². The van der Waals surface area contributed by atoms with Gasteiger partial charge in [-0.05, 0) is 123 Å². The fraction of sp³-hybridized carbons (Fsp3) is 0.471. The highest BCUT2D eigenvalue weighted by Gasteiger charge is 2.25. The van der Waals surface area contributed by atoms with Crippen LogP contribution in [0.1, 0.15) is 211 Å². The van der Waals surface area contributed by atoms with Crippen molar-refractivity contribution in [2.75, 3.05) is 0 Å². The molecule has 0 spiro atoms. The molecule has 7 heteroatoms. The van der Waals surface area contributed by atoms with Gasteiger partial charge in [-0.15, -0.1) is 0 Å². The molecule has 0 aliphatic heterocycles. The second kappa shape index (κ2) is 27.3. The van der Waals surface area contributed by atoms with Gasteiger partial charge in [0, 0.05) is 0 Å². The third-order valence-electron chi connectivity index (χ3n) is 12.6. The Morgan fingerprint density at radius 3 is 0.533 bits per heavy atom. The first-order chi connectivity index (χ1) is 33.9. The third-order valence-corrected chi connectivity index (χ3v) is 12.6. The van der Waals surface area contributed by atoms with Crippen molar-refractivity contribution >= 4 is 9.03 Å². The van der Waals surface area contributed by atoms with E-state index in [4.69, 9.17) is 9.79 Å². The average Bonchev–Trinajstić information content (AvgIpc) is 3.25. The van der Waals surface area contributed by atoms with Crippen molar-refractivity contribution in [1.29, 1.82) is 0 Å². The molecule has 0 aromatic heterocycles. The van der Waals surface area contributed by atoms with Gasteiger partial charge in [-0.1, -0.05) is 275 Å². The predicted octanol–water partition coefficient (Wildman–Crippen LogP) is 18.8. The highest BCUT2D eigenvalue weighted by atomic mass is 31.1. The summed E-state index contributed by atoms with van der Waals surface area (Å²) in [4.78, 5) is 14.3. The van der Waals surface area contributed by atoms with Crippen LogP contribution in [0.3, 0.4) is 0 Å². The lowest BCUT2D eigenvalue weighted by molar-refractivity contribution is 0.444. The summed E-state index contributed by atoms with van der Waals surface area (Å²) in [6.45, 7) is 51.7. The lowest BCUT2D eigenvalue weighted by Crippen LogP contribution is -2.16. The van der Waals surface area contributed by atoms with Crippen molar-refractivity contribution in [2.45, 2.75) is 209 Å². The molecule has 6 N–H and O–H groups in total. The van der Waals surface area contributed by atoms with Gasteiger partial charge in [-0.2, -0.15) is 0 Å². The van der Waals surface area contributed by atoms with Gasteiger partial charge in [0.25, 0.3) is 0 Å². The molecule has 0 aliphatic rings. The van der Waals surface area contributed by atoms with E-state index in [1.807, 2.05) is 36.4 Å². The third kappa shape index (κ3) is 23.3. The van der Waals surface area contributed by atoms with Gasteiger partial charge in [0.05, 0.1) is 0 Å². The van der Waals surface area contributed by atoms with E-state index < -0.39 is 9.03 Å². The standard InChI is InChI=1S/4C14H22O.C12H10.H3O2P/c4*1-13(2,3)10-7-8-12(15)11(9-10)14(4,5)6;1-3-7-11(8-4-1)12-9-5-2-6-10-12;1-3-2/h4*7-9,15H,1-6H3;1-10H;1-3H. The average molecular weight is 1050 g/mol. The Labute approximate surface area is 458 Å². The Hall–Kier alpha value is -5.13. The van der Waals surface area contributed by atoms with Crippen LogP contribution in [0.5, 0.6) is 23.0 Å². The van der Waals surface area contributed by atoms with E-state index >= 15 is 0 Å². The zero-order valence-electron chi connectivity index (χ0n) is 50.9. The van der Waals surface area contributed by atoms with Crippen LogP contribution < -0.4 is 0 Å². The summed E-state index contributed by atoms with van der Waals surface area (Å²) in [5.41, 5.74) is 12.2. The number of hydrogen-bond acceptors (Lipinski definition) is 6. The molecule has 0 amide bonds. The van der Waals surface area contributed by atoms with Crippen molar-refractivity contribution in [3.63, 3.8) is 0 Å². The molecule has 0 bridgehead atoms. The molecular weight excluding hydrogens is 944 g/mol. The molecule has 0 saturated carbocycles. The van der Waals surface area contributed by atoms with E-state index in [-0.39, 0.29) is 43.3 Å². The van der Waals surface area contributed by atoms with E-state index in [1.165, 1.54) is 33.4 Å². The molecule has 6 rings (SSSR count). The molecule has 0 atom stereocenters. The van der Waals surface area contributed by atoms with E-state index in [9.17, 15) is 20.4 Å². The Balaban J connectivity index is 0.000000463. The number of phenols is 4. The molecule has 0 saturated heterocycles. The van der Waals surface area contributed by atoms with Crippen molar-refractivity contribution in [3.05, 3.63) is 178 Å². The van der Waals surface area contributed by atoms with Crippen molar-refractivity contribution in [1.82, 2.24) is 0 Å². The zero-order chi connectivity index (χ0) is 58.3. The fourth-order valence-corrected chi connectivity index (χ4v) is 7.67. The Kier molecular flexibility index (Phi) is 24.7. The fourth-order valence-electron chi connectivity index (χ4n) is 7.67. The largest absolute Gasteiger partial charge is 0.508 e. The predicted molar refractivity (Wildman–Crippen MR) is 327 cm³/mol. The summed E-state index contributed by atoms with van der Waals surface area (Å²) in [5, 5.41) is 39.3. The van der Waals surface area contributed by atoms with Crippen LogP contribution in [-0.4, -0.2) is 30.2 Å². The Bertz CT molecular complexity index is 2300. The molecule has 414 valence electrons. The van der Waals surface area contributed by atoms with Crippen LogP contribution in [0, 0.1) is 0 Å². The first-order valence-corrected chi connectivity index (χ1v) is 27.3. The summed E-state index contributed by atoms with van der Waals surface area (Å²) in [6, 6.07) is 44.5. The quantitative estimate of drug-likeness (QED) is 0.0913. The number of rotatable bonds is 1. The minimum atomic E-state index is -0.917. The smallest absolute Gasteiger partial charge is 0.149 e. The van der Waals surface area contributed by atoms with Crippen LogP contribution in [0.25, 0.3) is 11.1 Å². The summed E-state index contributed by atoms with van der Waals surface area (Å²) in [6.07, 6.45) is 0. The molecule has 0 aliphatic carbocycles. The molecule has 0 fully saturated rings. The Morgan fingerprint density at radius 2 is 0.400 bits per heavy atom. The number of hydrogen-bond donors (Lipinski definition) is 6. The van der Waals surface area contributed by atoms with Crippen molar-refractivity contribution in [3.8, 4) is 34.1 Å². The summed E-state index contributed by atoms with van der Waals surface area (Å²) in [7, 11) is -0.917. The second-order valence-corrected chi connectivity index (χ2v) is 28.0. The van der Waals surface area contributed by atoms with Gasteiger partial charge in [-0.25, -0.2) is 0 Å². The molecule has 6 aromatic rings. The van der Waals surface area contributed by atoms with Gasteiger partial charge in [-0.3, -0.25) is 0 Å². The van der Waals surface area contributed by atoms with Gasteiger partial charge in [0.2, 0.25) is 0 Å². The maximum absolute atomic E-state index is 9.84. The second-order valence-electron chi connectivity index (χ2n) is 27.8. The normalized spacial score (nSPS) is 12.1. The molecule has 6 aromatic carbocycles. The summed E-state index contributed by atoms with van der Waals surface area (Å²) < 4.78 is 0. The lowest BCUT2D eigenvalue weighted by atomic mass is 9.80. The number of phenolic OH excluding ortho intramolecular Hbond substituents is 4. The molecule has 75 heavy (non-hydrogen) atoms. The lowest BCUT2D eigenvalue weighted by Gasteiger charge is -2.25. The summed E-state index contributed by atoms with van der Waals surface area (Å²) >= 11 is 0. The van der Waals surface area contributed by atoms with E-state index in [2.05, 4.69) is 239 Å². The number of aromatic hydroxyl groups is 4. The maximum atomic E-state index is 9.84. The topological polar surface area (TPSA) is 121 Å². The van der Waals surface area contributed by atoms with Crippen LogP contribution in [0.15, 0.2) is 133 Å². The van der Waals surface area contributed by atoms with Gasteiger partial charge >= 0.3 is 0 Å². The van der Waals surface area contributed by atoms with Crippen LogP contribution >= 0.6 is 9.03 Å². The minimum absolute atomic E-state index is 0.00859. The first kappa shape index (κ1) is 67.9. The van der Waals surface area contributed by atoms with Crippen LogP contribution in [0.2, 0.25) is 0 Å². The number of benzene rings is 6. The van der Waals surface area contributed by atoms with E-state index in [0.717, 1.165) is 22.3 Å². The zero-order valence-corrected chi connectivity index (χ0v) is 51.9. The Morgan fingerprint density at radius 1 is 0.240 bits per heavy atom. The highest BCUT2D eigenvalue weighted by Crippen LogP contribution is 2.38. The SMILES string of the molecule is CC(C)(C)c1ccc(O)c(C(C)(C)C)c1.CC(C)(C)c1ccc(O)c(C(C)(C)C)c1.CC(C)(C)c1ccc(O)c(C(C)(C)C)c1.CC(C)(C)c1ccc(O)c(C(C)(C)C)c1.OPO.c1ccc(-c2ccccc2)cc1. The molecule has 6 nitrogen and oxygen atoms in total. The van der Waals surface area contributed by atoms with Crippen LogP contribution in [-0.2, 0) is 43.3 Å². The maximum Gasteiger partial charge on any atom is 0.149 e. The van der Waals surface area contributed by atoms with Gasteiger partial charge in [0.15, 0.2) is 0 Å². The van der Waals surface area contributed by atoms with E-state index in [1.54, 1.807) is 24.3 Å². The molecule has 0 unspecified atom stereocenters.